The molecule has 1 aromatic carbocycles. The van der Waals surface area contributed by atoms with Crippen LogP contribution in [0.2, 0.25) is 0 Å². The van der Waals surface area contributed by atoms with Gasteiger partial charge in [-0.15, -0.1) is 0 Å². The predicted octanol–water partition coefficient (Wildman–Crippen LogP) is -0.343. The third-order valence-electron chi connectivity index (χ3n) is 4.12. The normalized spacial score (nSPS) is 28.7. The van der Waals surface area contributed by atoms with Gasteiger partial charge >= 0.3 is 11.9 Å². The van der Waals surface area contributed by atoms with Gasteiger partial charge in [0.1, 0.15) is 0 Å². The van der Waals surface area contributed by atoms with Crippen molar-refractivity contribution in [3.63, 3.8) is 0 Å². The number of carboxylic acids is 1. The summed E-state index contributed by atoms with van der Waals surface area (Å²) < 4.78 is 9.87. The highest BCUT2D eigenvalue weighted by Crippen LogP contribution is 2.31. The Morgan fingerprint density at radius 1 is 1.23 bits per heavy atom. The second-order valence-corrected chi connectivity index (χ2v) is 6.05. The minimum Gasteiger partial charge on any atom is -0.504 e. The number of aromatic hydroxyl groups is 1. The molecule has 26 heavy (non-hydrogen) atoms. The van der Waals surface area contributed by atoms with Gasteiger partial charge < -0.3 is 35.0 Å². The quantitative estimate of drug-likeness (QED) is 0.347. The SMILES string of the molecule is COc1ccc(C=CC(=O)OC2[C@@H](O)CC(O)(C(=O)O)C[C@@H]2O)cc1O. The number of benzene rings is 1. The largest absolute Gasteiger partial charge is 0.504 e. The smallest absolute Gasteiger partial charge is 0.335 e. The predicted molar refractivity (Wildman–Crippen MR) is 87.4 cm³/mol. The Bertz CT molecular complexity index is 700. The van der Waals surface area contributed by atoms with E-state index < -0.39 is 48.7 Å². The van der Waals surface area contributed by atoms with Crippen LogP contribution in [0.15, 0.2) is 24.3 Å². The molecule has 0 radical (unpaired) electrons. The zero-order valence-corrected chi connectivity index (χ0v) is 13.9. The van der Waals surface area contributed by atoms with E-state index in [1.807, 2.05) is 0 Å². The molecule has 1 aliphatic rings. The molecule has 0 bridgehead atoms. The molecule has 0 heterocycles. The summed E-state index contributed by atoms with van der Waals surface area (Å²) in [5, 5.41) is 48.3. The molecule has 2 atom stereocenters. The lowest BCUT2D eigenvalue weighted by Crippen LogP contribution is -2.57. The second-order valence-electron chi connectivity index (χ2n) is 6.05. The van der Waals surface area contributed by atoms with Crippen LogP contribution in [0.25, 0.3) is 6.08 Å². The van der Waals surface area contributed by atoms with Crippen LogP contribution in [0.3, 0.4) is 0 Å². The first kappa shape index (κ1) is 19.7. The summed E-state index contributed by atoms with van der Waals surface area (Å²) in [4.78, 5) is 22.9. The number of carboxylic acid groups (broad SMARTS) is 1. The number of hydrogen-bond acceptors (Lipinski definition) is 8. The van der Waals surface area contributed by atoms with E-state index in [1.165, 1.54) is 25.3 Å². The Hall–Kier alpha value is -2.62. The molecule has 9 heteroatoms. The third-order valence-corrected chi connectivity index (χ3v) is 4.12. The molecule has 0 aromatic heterocycles. The highest BCUT2D eigenvalue weighted by atomic mass is 16.6. The summed E-state index contributed by atoms with van der Waals surface area (Å²) in [5.74, 6) is -2.30. The van der Waals surface area contributed by atoms with Crippen molar-refractivity contribution in [2.24, 2.45) is 0 Å². The molecule has 1 fully saturated rings. The first-order valence-electron chi connectivity index (χ1n) is 7.74. The van der Waals surface area contributed by atoms with Crippen molar-refractivity contribution in [1.29, 1.82) is 0 Å². The highest BCUT2D eigenvalue weighted by molar-refractivity contribution is 5.87. The fourth-order valence-electron chi connectivity index (χ4n) is 2.74. The summed E-state index contributed by atoms with van der Waals surface area (Å²) >= 11 is 0. The average Bonchev–Trinajstić information content (AvgIpc) is 2.56. The number of carbonyl (C=O) groups excluding carboxylic acids is 1. The fraction of sp³-hybridized carbons (Fsp3) is 0.412. The van der Waals surface area contributed by atoms with Crippen LogP contribution >= 0.6 is 0 Å². The van der Waals surface area contributed by atoms with Crippen LogP contribution in [-0.2, 0) is 14.3 Å². The zero-order valence-electron chi connectivity index (χ0n) is 13.9. The number of ether oxygens (including phenoxy) is 2. The van der Waals surface area contributed by atoms with E-state index in [9.17, 15) is 30.0 Å². The van der Waals surface area contributed by atoms with Gasteiger partial charge in [-0.2, -0.15) is 0 Å². The second kappa shape index (κ2) is 7.73. The molecule has 0 spiro atoms. The Balaban J connectivity index is 2.01. The molecule has 0 amide bonds. The molecule has 9 nitrogen and oxygen atoms in total. The van der Waals surface area contributed by atoms with E-state index in [-0.39, 0.29) is 11.5 Å². The van der Waals surface area contributed by atoms with Crippen LogP contribution in [0, 0.1) is 0 Å². The molecule has 1 aliphatic carbocycles. The monoisotopic (exact) mass is 368 g/mol. The van der Waals surface area contributed by atoms with Gasteiger partial charge in [0, 0.05) is 18.9 Å². The van der Waals surface area contributed by atoms with Crippen molar-refractivity contribution in [3.05, 3.63) is 29.8 Å². The molecule has 0 saturated heterocycles. The molecular weight excluding hydrogens is 348 g/mol. The molecule has 0 aliphatic heterocycles. The van der Waals surface area contributed by atoms with Crippen LogP contribution in [-0.4, -0.2) is 68.5 Å². The number of aliphatic hydroxyl groups is 3. The van der Waals surface area contributed by atoms with Crippen molar-refractivity contribution in [2.75, 3.05) is 7.11 Å². The maximum atomic E-state index is 11.9. The zero-order chi connectivity index (χ0) is 19.5. The molecule has 0 unspecified atom stereocenters. The number of hydrogen-bond donors (Lipinski definition) is 5. The summed E-state index contributed by atoms with van der Waals surface area (Å²) in [5.41, 5.74) is -1.80. The van der Waals surface area contributed by atoms with Crippen molar-refractivity contribution in [1.82, 2.24) is 0 Å². The summed E-state index contributed by atoms with van der Waals surface area (Å²) in [6.07, 6.45) is -3.23. The molecule has 5 N–H and O–H groups in total. The van der Waals surface area contributed by atoms with Gasteiger partial charge in [0.15, 0.2) is 23.2 Å². The maximum absolute atomic E-state index is 11.9. The number of phenols is 1. The van der Waals surface area contributed by atoms with Crippen molar-refractivity contribution in [3.8, 4) is 11.5 Å². The molecular formula is C17H20O9. The van der Waals surface area contributed by atoms with Crippen LogP contribution in [0.4, 0.5) is 0 Å². The number of rotatable bonds is 5. The van der Waals surface area contributed by atoms with Gasteiger partial charge in [-0.1, -0.05) is 6.07 Å². The van der Waals surface area contributed by atoms with Crippen molar-refractivity contribution < 1.29 is 44.6 Å². The molecule has 1 saturated carbocycles. The van der Waals surface area contributed by atoms with Gasteiger partial charge in [0.25, 0.3) is 0 Å². The van der Waals surface area contributed by atoms with E-state index >= 15 is 0 Å². The van der Waals surface area contributed by atoms with Gasteiger partial charge in [0.2, 0.25) is 0 Å². The Morgan fingerprint density at radius 2 is 1.85 bits per heavy atom. The number of methoxy groups -OCH3 is 1. The van der Waals surface area contributed by atoms with E-state index in [1.54, 1.807) is 6.07 Å². The van der Waals surface area contributed by atoms with Gasteiger partial charge in [-0.05, 0) is 23.8 Å². The van der Waals surface area contributed by atoms with Crippen LogP contribution < -0.4 is 4.74 Å². The average molecular weight is 368 g/mol. The minimum atomic E-state index is -2.28. The van der Waals surface area contributed by atoms with Gasteiger partial charge in [-0.3, -0.25) is 0 Å². The van der Waals surface area contributed by atoms with Crippen molar-refractivity contribution >= 4 is 18.0 Å². The van der Waals surface area contributed by atoms with E-state index in [4.69, 9.17) is 14.6 Å². The first-order valence-corrected chi connectivity index (χ1v) is 7.74. The first-order chi connectivity index (χ1) is 12.2. The van der Waals surface area contributed by atoms with E-state index in [2.05, 4.69) is 0 Å². The highest BCUT2D eigenvalue weighted by Gasteiger charge is 2.50. The molecule has 2 rings (SSSR count). The Labute approximate surface area is 148 Å². The van der Waals surface area contributed by atoms with E-state index in [0.717, 1.165) is 6.08 Å². The number of aliphatic carboxylic acids is 1. The Morgan fingerprint density at radius 3 is 2.35 bits per heavy atom. The number of esters is 1. The summed E-state index contributed by atoms with van der Waals surface area (Å²) in [7, 11) is 1.40. The molecule has 142 valence electrons. The van der Waals surface area contributed by atoms with Gasteiger partial charge in [-0.25, -0.2) is 9.59 Å². The Kier molecular flexibility index (Phi) is 5.86. The summed E-state index contributed by atoms with van der Waals surface area (Å²) in [6, 6.07) is 4.45. The number of carbonyl (C=O) groups is 2. The lowest BCUT2D eigenvalue weighted by molar-refractivity contribution is -0.196. The lowest BCUT2D eigenvalue weighted by Gasteiger charge is -2.39. The van der Waals surface area contributed by atoms with Crippen LogP contribution in [0.1, 0.15) is 18.4 Å². The van der Waals surface area contributed by atoms with Crippen molar-refractivity contribution in [2.45, 2.75) is 36.8 Å². The van der Waals surface area contributed by atoms with Crippen LogP contribution in [0.5, 0.6) is 11.5 Å². The maximum Gasteiger partial charge on any atom is 0.335 e. The lowest BCUT2D eigenvalue weighted by atomic mass is 9.79. The number of aliphatic hydroxyl groups excluding tert-OH is 2. The topological polar surface area (TPSA) is 154 Å². The summed E-state index contributed by atoms with van der Waals surface area (Å²) in [6.45, 7) is 0. The third kappa shape index (κ3) is 4.31. The standard InChI is InChI=1S/C17H20O9/c1-25-13-4-2-9(6-10(13)18)3-5-14(21)26-15-11(19)7-17(24,16(22)23)8-12(15)20/h2-6,11-12,15,18-20,24H,7-8H2,1H3,(H,22,23)/t11-,12-,15?,17?/m0/s1. The van der Waals surface area contributed by atoms with Gasteiger partial charge in [0.05, 0.1) is 19.3 Å². The minimum absolute atomic E-state index is 0.117. The number of phenolic OH excluding ortho intramolecular Hbond substituents is 1. The molecule has 1 aromatic rings. The van der Waals surface area contributed by atoms with E-state index in [0.29, 0.717) is 5.56 Å². The fourth-order valence-corrected chi connectivity index (χ4v) is 2.74.